The van der Waals surface area contributed by atoms with Gasteiger partial charge >= 0.3 is 0 Å². The second kappa shape index (κ2) is 3.97. The molecule has 3 heterocycles. The van der Waals surface area contributed by atoms with Gasteiger partial charge in [0.15, 0.2) is 0 Å². The van der Waals surface area contributed by atoms with Crippen molar-refractivity contribution >= 4 is 5.69 Å². The molecule has 0 spiro atoms. The van der Waals surface area contributed by atoms with Crippen molar-refractivity contribution in [2.75, 3.05) is 11.4 Å². The molecule has 2 aromatic heterocycles. The van der Waals surface area contributed by atoms with E-state index in [1.807, 2.05) is 13.1 Å². The molecule has 0 unspecified atom stereocenters. The molecule has 0 amide bonds. The minimum atomic E-state index is -0.0366. The fourth-order valence-electron chi connectivity index (χ4n) is 2.39. The zero-order valence-corrected chi connectivity index (χ0v) is 10.5. The molecule has 1 aliphatic rings. The van der Waals surface area contributed by atoms with Crippen LogP contribution >= 0.6 is 0 Å². The van der Waals surface area contributed by atoms with Crippen molar-refractivity contribution in [2.24, 2.45) is 7.05 Å². The standard InChI is InChI=1S/C12H15N5O/c1-8-11(6-14-16(2)12(8)18)17-4-3-10-9(7-17)5-13-15-10/h5-6H,3-4,7H2,1-2H3,(H,13,15). The Morgan fingerprint density at radius 3 is 3.06 bits per heavy atom. The molecule has 0 saturated carbocycles. The molecule has 0 fully saturated rings. The first-order chi connectivity index (χ1) is 8.66. The summed E-state index contributed by atoms with van der Waals surface area (Å²) in [5.41, 5.74) is 4.02. The number of aromatic amines is 1. The predicted octanol–water partition coefficient (Wildman–Crippen LogP) is 0.375. The van der Waals surface area contributed by atoms with Crippen molar-refractivity contribution < 1.29 is 0 Å². The highest BCUT2D eigenvalue weighted by atomic mass is 16.1. The molecule has 0 saturated heterocycles. The van der Waals surface area contributed by atoms with Crippen LogP contribution in [0.15, 0.2) is 17.2 Å². The van der Waals surface area contributed by atoms with Gasteiger partial charge in [-0.2, -0.15) is 10.2 Å². The van der Waals surface area contributed by atoms with Crippen molar-refractivity contribution in [3.63, 3.8) is 0 Å². The van der Waals surface area contributed by atoms with Gasteiger partial charge in [0.05, 0.1) is 18.1 Å². The topological polar surface area (TPSA) is 66.8 Å². The van der Waals surface area contributed by atoms with Gasteiger partial charge in [-0.05, 0) is 6.92 Å². The summed E-state index contributed by atoms with van der Waals surface area (Å²) in [6.45, 7) is 3.51. The van der Waals surface area contributed by atoms with Gasteiger partial charge in [0, 0.05) is 43.4 Å². The monoisotopic (exact) mass is 245 g/mol. The lowest BCUT2D eigenvalue weighted by Crippen LogP contribution is -2.33. The summed E-state index contributed by atoms with van der Waals surface area (Å²) in [7, 11) is 1.67. The van der Waals surface area contributed by atoms with Crippen LogP contribution in [0.1, 0.15) is 16.8 Å². The molecule has 6 heteroatoms. The Hall–Kier alpha value is -2.11. The molecule has 0 aliphatic carbocycles. The van der Waals surface area contributed by atoms with Crippen LogP contribution < -0.4 is 10.5 Å². The molecule has 18 heavy (non-hydrogen) atoms. The Morgan fingerprint density at radius 2 is 2.22 bits per heavy atom. The predicted molar refractivity (Wildman–Crippen MR) is 67.6 cm³/mol. The van der Waals surface area contributed by atoms with Crippen LogP contribution in [0.4, 0.5) is 5.69 Å². The van der Waals surface area contributed by atoms with Gasteiger partial charge in [0.25, 0.3) is 5.56 Å². The minimum Gasteiger partial charge on any atom is -0.365 e. The molecule has 0 atom stereocenters. The maximum atomic E-state index is 11.9. The first-order valence-electron chi connectivity index (χ1n) is 5.96. The fourth-order valence-corrected chi connectivity index (χ4v) is 2.39. The first kappa shape index (κ1) is 11.0. The maximum absolute atomic E-state index is 11.9. The summed E-state index contributed by atoms with van der Waals surface area (Å²) in [5.74, 6) is 0. The second-order valence-corrected chi connectivity index (χ2v) is 4.63. The SMILES string of the molecule is Cc1c(N2CCc3[nH]ncc3C2)cnn(C)c1=O. The molecule has 3 rings (SSSR count). The van der Waals surface area contributed by atoms with E-state index in [0.717, 1.165) is 30.8 Å². The van der Waals surface area contributed by atoms with E-state index in [1.54, 1.807) is 13.2 Å². The van der Waals surface area contributed by atoms with Crippen molar-refractivity contribution in [3.8, 4) is 0 Å². The number of nitrogens with zero attached hydrogens (tertiary/aromatic N) is 4. The summed E-state index contributed by atoms with van der Waals surface area (Å²) in [6, 6.07) is 0. The number of hydrogen-bond donors (Lipinski definition) is 1. The van der Waals surface area contributed by atoms with E-state index in [4.69, 9.17) is 0 Å². The van der Waals surface area contributed by atoms with Crippen LogP contribution in [-0.4, -0.2) is 26.5 Å². The fraction of sp³-hybridized carbons (Fsp3) is 0.417. The summed E-state index contributed by atoms with van der Waals surface area (Å²) >= 11 is 0. The number of anilines is 1. The van der Waals surface area contributed by atoms with Gasteiger partial charge in [-0.3, -0.25) is 9.89 Å². The quantitative estimate of drug-likeness (QED) is 0.788. The molecule has 0 aromatic carbocycles. The van der Waals surface area contributed by atoms with E-state index in [9.17, 15) is 4.79 Å². The van der Waals surface area contributed by atoms with E-state index >= 15 is 0 Å². The van der Waals surface area contributed by atoms with E-state index in [2.05, 4.69) is 20.2 Å². The highest BCUT2D eigenvalue weighted by Crippen LogP contribution is 2.23. The highest BCUT2D eigenvalue weighted by molar-refractivity contribution is 5.51. The van der Waals surface area contributed by atoms with Crippen molar-refractivity contribution in [1.29, 1.82) is 0 Å². The van der Waals surface area contributed by atoms with E-state index in [1.165, 1.54) is 15.9 Å². The number of fused-ring (bicyclic) bond motifs is 1. The lowest BCUT2D eigenvalue weighted by molar-refractivity contribution is 0.675. The van der Waals surface area contributed by atoms with Crippen LogP contribution in [-0.2, 0) is 20.0 Å². The third kappa shape index (κ3) is 1.61. The average Bonchev–Trinajstić information content (AvgIpc) is 2.83. The number of rotatable bonds is 1. The van der Waals surface area contributed by atoms with Gasteiger partial charge in [-0.15, -0.1) is 0 Å². The Morgan fingerprint density at radius 1 is 1.39 bits per heavy atom. The van der Waals surface area contributed by atoms with Crippen molar-refractivity contribution in [2.45, 2.75) is 19.9 Å². The molecule has 6 nitrogen and oxygen atoms in total. The summed E-state index contributed by atoms with van der Waals surface area (Å²) in [5, 5.41) is 11.2. The number of aromatic nitrogens is 4. The van der Waals surface area contributed by atoms with Gasteiger partial charge in [0.2, 0.25) is 0 Å². The van der Waals surface area contributed by atoms with E-state index in [-0.39, 0.29) is 5.56 Å². The lowest BCUT2D eigenvalue weighted by Gasteiger charge is -2.29. The zero-order valence-electron chi connectivity index (χ0n) is 10.5. The Labute approximate surface area is 104 Å². The maximum Gasteiger partial charge on any atom is 0.271 e. The summed E-state index contributed by atoms with van der Waals surface area (Å²) < 4.78 is 1.37. The first-order valence-corrected chi connectivity index (χ1v) is 5.96. The average molecular weight is 245 g/mol. The summed E-state index contributed by atoms with van der Waals surface area (Å²) in [6.07, 6.45) is 4.54. The number of H-pyrrole nitrogens is 1. The van der Waals surface area contributed by atoms with Crippen LogP contribution in [0.25, 0.3) is 0 Å². The largest absolute Gasteiger partial charge is 0.365 e. The Balaban J connectivity index is 1.98. The molecular weight excluding hydrogens is 230 g/mol. The summed E-state index contributed by atoms with van der Waals surface area (Å²) in [4.78, 5) is 14.1. The lowest BCUT2D eigenvalue weighted by atomic mass is 10.1. The molecule has 94 valence electrons. The molecule has 1 aliphatic heterocycles. The normalized spacial score (nSPS) is 14.7. The third-order valence-electron chi connectivity index (χ3n) is 3.49. The number of nitrogens with one attached hydrogen (secondary N) is 1. The third-order valence-corrected chi connectivity index (χ3v) is 3.49. The highest BCUT2D eigenvalue weighted by Gasteiger charge is 2.20. The Kier molecular flexibility index (Phi) is 2.43. The van der Waals surface area contributed by atoms with E-state index in [0.29, 0.717) is 0 Å². The number of aryl methyl sites for hydroxylation is 1. The molecule has 2 aromatic rings. The smallest absolute Gasteiger partial charge is 0.271 e. The van der Waals surface area contributed by atoms with Crippen LogP contribution in [0.2, 0.25) is 0 Å². The van der Waals surface area contributed by atoms with Crippen molar-refractivity contribution in [3.05, 3.63) is 39.6 Å². The van der Waals surface area contributed by atoms with Gasteiger partial charge in [-0.25, -0.2) is 4.68 Å². The molecule has 0 radical (unpaired) electrons. The van der Waals surface area contributed by atoms with Gasteiger partial charge in [0.1, 0.15) is 0 Å². The molecule has 0 bridgehead atoms. The van der Waals surface area contributed by atoms with Gasteiger partial charge in [-0.1, -0.05) is 0 Å². The van der Waals surface area contributed by atoms with E-state index < -0.39 is 0 Å². The van der Waals surface area contributed by atoms with Gasteiger partial charge < -0.3 is 4.90 Å². The zero-order chi connectivity index (χ0) is 12.7. The van der Waals surface area contributed by atoms with Crippen LogP contribution in [0.3, 0.4) is 0 Å². The molecule has 1 N–H and O–H groups in total. The van der Waals surface area contributed by atoms with Crippen LogP contribution in [0.5, 0.6) is 0 Å². The van der Waals surface area contributed by atoms with Crippen molar-refractivity contribution in [1.82, 2.24) is 20.0 Å². The minimum absolute atomic E-state index is 0.0366. The second-order valence-electron chi connectivity index (χ2n) is 4.63. The number of hydrogen-bond acceptors (Lipinski definition) is 4. The molecular formula is C12H15N5O. The Bertz CT molecular complexity index is 642. The van der Waals surface area contributed by atoms with Crippen LogP contribution in [0, 0.1) is 6.92 Å².